The Morgan fingerprint density at radius 3 is 2.59 bits per heavy atom. The smallest absolute Gasteiger partial charge is 0.338 e. The average molecular weight is 532 g/mol. The SMILES string of the molecule is CC(C)Cn1c(N)c(C(=O)COC(=O)c2ccc3c(c2)S(=O)(=O)N=C2CCCCCN23)c(=O)n(C)c1=O. The van der Waals surface area contributed by atoms with Crippen molar-refractivity contribution in [1.29, 1.82) is 0 Å². The summed E-state index contributed by atoms with van der Waals surface area (Å²) in [6.07, 6.45) is 3.25. The van der Waals surface area contributed by atoms with Gasteiger partial charge in [0.2, 0.25) is 5.78 Å². The van der Waals surface area contributed by atoms with Gasteiger partial charge in [-0.05, 0) is 37.0 Å². The third-order valence-electron chi connectivity index (χ3n) is 6.33. The summed E-state index contributed by atoms with van der Waals surface area (Å²) in [6, 6.07) is 4.13. The Labute approximate surface area is 213 Å². The van der Waals surface area contributed by atoms with E-state index >= 15 is 0 Å². The average Bonchev–Trinajstić information content (AvgIpc) is 3.08. The van der Waals surface area contributed by atoms with Crippen LogP contribution in [0.15, 0.2) is 37.1 Å². The molecule has 0 radical (unpaired) electrons. The standard InChI is InChI=1S/C24H29N5O7S/c1-14(2)12-29-21(25)20(22(31)27(3)24(29)33)17(30)13-36-23(32)15-8-9-16-18(11-15)37(34,35)26-19-7-5-4-6-10-28(16)19/h8-9,11,14H,4-7,10,12-13,25H2,1-3H3. The van der Waals surface area contributed by atoms with Crippen molar-refractivity contribution in [3.05, 3.63) is 50.2 Å². The van der Waals surface area contributed by atoms with E-state index in [1.165, 1.54) is 25.2 Å². The predicted octanol–water partition coefficient (Wildman–Crippen LogP) is 1.31. The van der Waals surface area contributed by atoms with Gasteiger partial charge < -0.3 is 15.4 Å². The number of nitrogen functional groups attached to an aromatic ring is 1. The molecule has 0 spiro atoms. The highest BCUT2D eigenvalue weighted by molar-refractivity contribution is 7.90. The van der Waals surface area contributed by atoms with Crippen molar-refractivity contribution in [2.45, 2.75) is 51.0 Å². The second kappa shape index (κ2) is 9.96. The van der Waals surface area contributed by atoms with Crippen molar-refractivity contribution < 1.29 is 22.7 Å². The first-order chi connectivity index (χ1) is 17.4. The van der Waals surface area contributed by atoms with Crippen LogP contribution >= 0.6 is 0 Å². The molecule has 1 aromatic heterocycles. The molecule has 12 nitrogen and oxygen atoms in total. The molecule has 4 rings (SSSR count). The second-order valence-corrected chi connectivity index (χ2v) is 11.1. The van der Waals surface area contributed by atoms with Crippen LogP contribution < -0.4 is 21.9 Å². The number of esters is 1. The van der Waals surface area contributed by atoms with E-state index in [2.05, 4.69) is 4.40 Å². The number of Topliss-reactive ketones (excluding diaryl/α,β-unsaturated/α-hetero) is 1. The first-order valence-corrected chi connectivity index (χ1v) is 13.4. The zero-order valence-corrected chi connectivity index (χ0v) is 21.7. The Morgan fingerprint density at radius 2 is 1.89 bits per heavy atom. The lowest BCUT2D eigenvalue weighted by Gasteiger charge is -2.29. The van der Waals surface area contributed by atoms with Crippen LogP contribution in [0, 0.1) is 5.92 Å². The van der Waals surface area contributed by atoms with E-state index in [4.69, 9.17) is 10.5 Å². The molecule has 1 fully saturated rings. The number of anilines is 2. The largest absolute Gasteiger partial charge is 0.454 e. The highest BCUT2D eigenvalue weighted by Gasteiger charge is 2.32. The molecule has 0 amide bonds. The van der Waals surface area contributed by atoms with E-state index in [-0.39, 0.29) is 28.7 Å². The molecular formula is C24H29N5O7S. The Hall–Kier alpha value is -3.74. The fourth-order valence-corrected chi connectivity index (χ4v) is 5.76. The van der Waals surface area contributed by atoms with Gasteiger partial charge in [-0.15, -0.1) is 4.40 Å². The van der Waals surface area contributed by atoms with E-state index in [0.29, 0.717) is 24.5 Å². The molecule has 37 heavy (non-hydrogen) atoms. The van der Waals surface area contributed by atoms with Gasteiger partial charge in [-0.2, -0.15) is 8.42 Å². The Bertz CT molecular complexity index is 1540. The minimum absolute atomic E-state index is 0.00768. The van der Waals surface area contributed by atoms with Crippen LogP contribution in [-0.4, -0.2) is 48.3 Å². The van der Waals surface area contributed by atoms with Crippen LogP contribution in [0.4, 0.5) is 11.5 Å². The van der Waals surface area contributed by atoms with E-state index in [1.807, 2.05) is 18.7 Å². The number of ketones is 1. The molecule has 2 aromatic rings. The van der Waals surface area contributed by atoms with Gasteiger partial charge in [0.1, 0.15) is 22.1 Å². The van der Waals surface area contributed by atoms with Crippen LogP contribution in [0.1, 0.15) is 60.2 Å². The molecule has 1 saturated heterocycles. The topological polar surface area (TPSA) is 163 Å². The number of amidine groups is 1. The third-order valence-corrected chi connectivity index (χ3v) is 7.66. The van der Waals surface area contributed by atoms with Gasteiger partial charge in [-0.3, -0.25) is 18.7 Å². The predicted molar refractivity (Wildman–Crippen MR) is 137 cm³/mol. The molecule has 1 aromatic carbocycles. The van der Waals surface area contributed by atoms with Crippen molar-refractivity contribution in [1.82, 2.24) is 9.13 Å². The summed E-state index contributed by atoms with van der Waals surface area (Å²) >= 11 is 0. The summed E-state index contributed by atoms with van der Waals surface area (Å²) in [5.41, 5.74) is 4.35. The quantitative estimate of drug-likeness (QED) is 0.427. The van der Waals surface area contributed by atoms with Gasteiger partial charge >= 0.3 is 11.7 Å². The number of fused-ring (bicyclic) bond motifs is 3. The minimum atomic E-state index is -4.02. The third kappa shape index (κ3) is 4.95. The van der Waals surface area contributed by atoms with Gasteiger partial charge in [-0.25, -0.2) is 9.59 Å². The van der Waals surface area contributed by atoms with E-state index < -0.39 is 45.2 Å². The summed E-state index contributed by atoms with van der Waals surface area (Å²) in [6.45, 7) is 3.67. The number of ether oxygens (including phenoxy) is 1. The molecule has 2 N–H and O–H groups in total. The van der Waals surface area contributed by atoms with Crippen molar-refractivity contribution >= 4 is 39.1 Å². The zero-order chi connectivity index (χ0) is 27.1. The van der Waals surface area contributed by atoms with Crippen molar-refractivity contribution in [3.63, 3.8) is 0 Å². The van der Waals surface area contributed by atoms with Crippen molar-refractivity contribution in [2.24, 2.45) is 17.4 Å². The lowest BCUT2D eigenvalue weighted by molar-refractivity contribution is 0.0474. The number of benzene rings is 1. The summed E-state index contributed by atoms with van der Waals surface area (Å²) in [4.78, 5) is 52.4. The number of rotatable bonds is 6. The summed E-state index contributed by atoms with van der Waals surface area (Å²) < 4.78 is 36.6. The molecule has 0 aliphatic carbocycles. The molecular weight excluding hydrogens is 502 g/mol. The Balaban J connectivity index is 1.58. The molecule has 0 saturated carbocycles. The van der Waals surface area contributed by atoms with Crippen LogP contribution in [0.3, 0.4) is 0 Å². The minimum Gasteiger partial charge on any atom is -0.454 e. The molecule has 198 valence electrons. The second-order valence-electron chi connectivity index (χ2n) is 9.54. The first-order valence-electron chi connectivity index (χ1n) is 12.0. The molecule has 2 aliphatic rings. The van der Waals surface area contributed by atoms with Crippen molar-refractivity contribution in [3.8, 4) is 0 Å². The number of carbonyl (C=O) groups excluding carboxylic acids is 2. The molecule has 13 heteroatoms. The van der Waals surface area contributed by atoms with Gasteiger partial charge in [-0.1, -0.05) is 20.3 Å². The lowest BCUT2D eigenvalue weighted by atomic mass is 10.1. The summed E-state index contributed by atoms with van der Waals surface area (Å²) in [5, 5.41) is 0. The zero-order valence-electron chi connectivity index (χ0n) is 20.9. The van der Waals surface area contributed by atoms with Crippen LogP contribution in [0.5, 0.6) is 0 Å². The highest BCUT2D eigenvalue weighted by Crippen LogP contribution is 2.35. The molecule has 2 aliphatic heterocycles. The lowest BCUT2D eigenvalue weighted by Crippen LogP contribution is -2.43. The van der Waals surface area contributed by atoms with Crippen molar-refractivity contribution in [2.75, 3.05) is 23.8 Å². The normalized spacial score (nSPS) is 16.4. The summed E-state index contributed by atoms with van der Waals surface area (Å²) in [5.74, 6) is -1.64. The van der Waals surface area contributed by atoms with E-state index in [9.17, 15) is 27.6 Å². The number of sulfonamides is 1. The van der Waals surface area contributed by atoms with Crippen LogP contribution in [-0.2, 0) is 28.4 Å². The molecule has 0 bridgehead atoms. The number of carbonyl (C=O) groups is 2. The monoisotopic (exact) mass is 531 g/mol. The number of nitrogens with zero attached hydrogens (tertiary/aromatic N) is 4. The maximum Gasteiger partial charge on any atom is 0.338 e. The fourth-order valence-electron chi connectivity index (χ4n) is 4.48. The maximum atomic E-state index is 12.8. The van der Waals surface area contributed by atoms with Crippen LogP contribution in [0.2, 0.25) is 0 Å². The van der Waals surface area contributed by atoms with Gasteiger partial charge in [0.25, 0.3) is 15.6 Å². The van der Waals surface area contributed by atoms with Crippen LogP contribution in [0.25, 0.3) is 0 Å². The Morgan fingerprint density at radius 1 is 1.16 bits per heavy atom. The highest BCUT2D eigenvalue weighted by atomic mass is 32.2. The maximum absolute atomic E-state index is 12.8. The molecule has 0 unspecified atom stereocenters. The first kappa shape index (κ1) is 26.3. The van der Waals surface area contributed by atoms with Gasteiger partial charge in [0.05, 0.1) is 11.3 Å². The van der Waals surface area contributed by atoms with E-state index in [1.54, 1.807) is 0 Å². The molecule has 0 atom stereocenters. The number of hydrogen-bond donors (Lipinski definition) is 1. The van der Waals surface area contributed by atoms with E-state index in [0.717, 1.165) is 28.4 Å². The number of aromatic nitrogens is 2. The number of hydrogen-bond acceptors (Lipinski definition) is 9. The van der Waals surface area contributed by atoms with Gasteiger partial charge in [0.15, 0.2) is 6.61 Å². The fraction of sp³-hybridized carbons (Fsp3) is 0.458. The van der Waals surface area contributed by atoms with Gasteiger partial charge in [0, 0.05) is 26.6 Å². The molecule has 3 heterocycles. The Kier molecular flexibility index (Phi) is 7.09. The summed E-state index contributed by atoms with van der Waals surface area (Å²) in [7, 11) is -2.78. The number of nitrogens with two attached hydrogens (primary N) is 1.